The molecule has 3 aromatic heterocycles. The molecule has 0 spiro atoms. The maximum absolute atomic E-state index is 13.0. The molecule has 0 atom stereocenters. The van der Waals surface area contributed by atoms with Crippen molar-refractivity contribution in [2.45, 2.75) is 32.1 Å². The molecule has 12 heteroatoms. The highest BCUT2D eigenvalue weighted by molar-refractivity contribution is 6.28. The van der Waals surface area contributed by atoms with Crippen molar-refractivity contribution >= 4 is 22.8 Å². The second-order valence-corrected chi connectivity index (χ2v) is 7.80. The number of fused-ring (bicyclic) bond motifs is 1. The minimum atomic E-state index is -4.42. The Kier molecular flexibility index (Phi) is 6.52. The summed E-state index contributed by atoms with van der Waals surface area (Å²) in [5.74, 6) is 0.470. The summed E-state index contributed by atoms with van der Waals surface area (Å²) in [6, 6.07) is 5.09. The zero-order valence-corrected chi connectivity index (χ0v) is 18.3. The normalized spacial score (nSPS) is 12.0. The van der Waals surface area contributed by atoms with Crippen LogP contribution in [0.15, 0.2) is 41.5 Å². The van der Waals surface area contributed by atoms with Crippen LogP contribution < -0.4 is 5.56 Å². The van der Waals surface area contributed by atoms with E-state index in [1.54, 1.807) is 30.1 Å². The van der Waals surface area contributed by atoms with Crippen LogP contribution in [0.2, 0.25) is 5.28 Å². The molecule has 0 unspecified atom stereocenters. The monoisotopic (exact) mass is 480 g/mol. The van der Waals surface area contributed by atoms with E-state index in [9.17, 15) is 18.0 Å². The lowest BCUT2D eigenvalue weighted by Gasteiger charge is -2.09. The highest BCUT2D eigenvalue weighted by Crippen LogP contribution is 2.30. The molecule has 0 aliphatic rings. The highest BCUT2D eigenvalue weighted by atomic mass is 35.5. The summed E-state index contributed by atoms with van der Waals surface area (Å²) in [5.41, 5.74) is 0.424. The van der Waals surface area contributed by atoms with Gasteiger partial charge in [-0.2, -0.15) is 23.3 Å². The number of hydrogen-bond donors (Lipinski definition) is 1. The first-order chi connectivity index (χ1) is 15.8. The number of imidazole rings is 1. The maximum atomic E-state index is 13.0. The number of methoxy groups -OCH3 is 1. The molecule has 0 aliphatic carbocycles. The topological polar surface area (TPSA) is 90.6 Å². The number of benzene rings is 1. The average Bonchev–Trinajstić information content (AvgIpc) is 3.35. The van der Waals surface area contributed by atoms with E-state index in [4.69, 9.17) is 16.3 Å². The second kappa shape index (κ2) is 9.36. The number of unbranched alkanes of at least 4 members (excludes halogenated alkanes) is 1. The molecule has 0 fully saturated rings. The standard InChI is InChI=1S/C21H20ClF3N6O2/c1-33-8-3-2-7-31-16-17(28-20(22)29-19(16)32)27-18(31)14-10-26-30(12-14)11-13-5-4-6-15(9-13)21(23,24)25/h4-6,9-10,12H,2-3,7-8,11H2,1H3,(H,28,29,32). The Morgan fingerprint density at radius 1 is 1.21 bits per heavy atom. The van der Waals surface area contributed by atoms with Gasteiger partial charge >= 0.3 is 6.18 Å². The zero-order chi connectivity index (χ0) is 23.6. The smallest absolute Gasteiger partial charge is 0.385 e. The van der Waals surface area contributed by atoms with Gasteiger partial charge in [-0.15, -0.1) is 0 Å². The summed E-state index contributed by atoms with van der Waals surface area (Å²) in [4.78, 5) is 23.6. The second-order valence-electron chi connectivity index (χ2n) is 7.44. The van der Waals surface area contributed by atoms with Gasteiger partial charge in [0.15, 0.2) is 11.2 Å². The summed E-state index contributed by atoms with van der Waals surface area (Å²) in [5, 5.41) is 4.20. The molecule has 174 valence electrons. The average molecular weight is 481 g/mol. The first-order valence-electron chi connectivity index (χ1n) is 10.1. The minimum absolute atomic E-state index is 0.0664. The van der Waals surface area contributed by atoms with E-state index in [1.165, 1.54) is 10.7 Å². The first kappa shape index (κ1) is 23.0. The number of alkyl halides is 3. The molecule has 0 saturated heterocycles. The fraction of sp³-hybridized carbons (Fsp3) is 0.333. The number of hydrogen-bond acceptors (Lipinski definition) is 5. The molecular weight excluding hydrogens is 461 g/mol. The van der Waals surface area contributed by atoms with Crippen LogP contribution >= 0.6 is 11.6 Å². The van der Waals surface area contributed by atoms with Gasteiger partial charge in [-0.25, -0.2) is 4.98 Å². The third-order valence-corrected chi connectivity index (χ3v) is 5.23. The molecule has 8 nitrogen and oxygen atoms in total. The van der Waals surface area contributed by atoms with Crippen molar-refractivity contribution < 1.29 is 17.9 Å². The predicted octanol–water partition coefficient (Wildman–Crippen LogP) is 4.13. The van der Waals surface area contributed by atoms with Crippen LogP contribution in [-0.2, 0) is 24.0 Å². The fourth-order valence-electron chi connectivity index (χ4n) is 3.57. The number of nitrogens with one attached hydrogen (secondary N) is 1. The van der Waals surface area contributed by atoms with Gasteiger partial charge in [0.05, 0.1) is 23.9 Å². The lowest BCUT2D eigenvalue weighted by molar-refractivity contribution is -0.137. The van der Waals surface area contributed by atoms with Gasteiger partial charge in [0, 0.05) is 26.5 Å². The van der Waals surface area contributed by atoms with Gasteiger partial charge in [0.1, 0.15) is 5.82 Å². The lowest BCUT2D eigenvalue weighted by Crippen LogP contribution is -2.13. The Morgan fingerprint density at radius 3 is 2.79 bits per heavy atom. The van der Waals surface area contributed by atoms with E-state index in [-0.39, 0.29) is 23.0 Å². The number of ether oxygens (including phenoxy) is 1. The fourth-order valence-corrected chi connectivity index (χ4v) is 3.73. The van der Waals surface area contributed by atoms with Crippen molar-refractivity contribution in [3.05, 3.63) is 63.4 Å². The van der Waals surface area contributed by atoms with Crippen molar-refractivity contribution in [2.75, 3.05) is 13.7 Å². The Labute approximate surface area is 191 Å². The van der Waals surface area contributed by atoms with E-state index < -0.39 is 17.3 Å². The molecule has 0 aliphatic heterocycles. The third-order valence-electron chi connectivity index (χ3n) is 5.06. The third kappa shape index (κ3) is 5.09. The number of aromatic amines is 1. The molecule has 0 amide bonds. The lowest BCUT2D eigenvalue weighted by atomic mass is 10.1. The molecule has 33 heavy (non-hydrogen) atoms. The SMILES string of the molecule is COCCCCn1c(-c2cnn(Cc3cccc(C(F)(F)F)c3)c2)nc2nc(Cl)[nH]c(=O)c21. The van der Waals surface area contributed by atoms with Crippen LogP contribution in [0, 0.1) is 0 Å². The molecule has 0 saturated carbocycles. The molecule has 0 bridgehead atoms. The van der Waals surface area contributed by atoms with Gasteiger partial charge < -0.3 is 9.30 Å². The molecule has 0 radical (unpaired) electrons. The van der Waals surface area contributed by atoms with E-state index in [0.717, 1.165) is 25.0 Å². The summed E-state index contributed by atoms with van der Waals surface area (Å²) >= 11 is 5.89. The number of nitrogens with zero attached hydrogens (tertiary/aromatic N) is 5. The van der Waals surface area contributed by atoms with Crippen LogP contribution in [0.1, 0.15) is 24.0 Å². The summed E-state index contributed by atoms with van der Waals surface area (Å²) in [6.07, 6.45) is 0.315. The van der Waals surface area contributed by atoms with Crippen molar-refractivity contribution in [3.63, 3.8) is 0 Å². The zero-order valence-electron chi connectivity index (χ0n) is 17.6. The maximum Gasteiger partial charge on any atom is 0.416 e. The highest BCUT2D eigenvalue weighted by Gasteiger charge is 2.30. The number of aryl methyl sites for hydroxylation is 1. The minimum Gasteiger partial charge on any atom is -0.385 e. The van der Waals surface area contributed by atoms with Gasteiger partial charge in [-0.3, -0.25) is 14.5 Å². The predicted molar refractivity (Wildman–Crippen MR) is 116 cm³/mol. The Hall–Kier alpha value is -3.18. The van der Waals surface area contributed by atoms with Gasteiger partial charge in [-0.05, 0) is 42.1 Å². The van der Waals surface area contributed by atoms with Crippen LogP contribution in [-0.4, -0.2) is 43.0 Å². The van der Waals surface area contributed by atoms with Crippen molar-refractivity contribution in [1.82, 2.24) is 29.3 Å². The molecule has 3 heterocycles. The quantitative estimate of drug-likeness (QED) is 0.302. The van der Waals surface area contributed by atoms with Crippen molar-refractivity contribution in [3.8, 4) is 11.4 Å². The van der Waals surface area contributed by atoms with Gasteiger partial charge in [0.2, 0.25) is 5.28 Å². The summed E-state index contributed by atoms with van der Waals surface area (Å²) in [6.45, 7) is 1.21. The summed E-state index contributed by atoms with van der Waals surface area (Å²) < 4.78 is 47.4. The number of rotatable bonds is 8. The molecule has 4 rings (SSSR count). The van der Waals surface area contributed by atoms with E-state index in [2.05, 4.69) is 20.1 Å². The van der Waals surface area contributed by atoms with Crippen LogP contribution in [0.5, 0.6) is 0 Å². The Morgan fingerprint density at radius 2 is 2.03 bits per heavy atom. The van der Waals surface area contributed by atoms with E-state index >= 15 is 0 Å². The van der Waals surface area contributed by atoms with E-state index in [0.29, 0.717) is 30.1 Å². The first-order valence-corrected chi connectivity index (χ1v) is 10.5. The largest absolute Gasteiger partial charge is 0.416 e. The van der Waals surface area contributed by atoms with Gasteiger partial charge in [-0.1, -0.05) is 12.1 Å². The van der Waals surface area contributed by atoms with Crippen molar-refractivity contribution in [2.24, 2.45) is 0 Å². The molecule has 1 N–H and O–H groups in total. The van der Waals surface area contributed by atoms with Crippen LogP contribution in [0.3, 0.4) is 0 Å². The van der Waals surface area contributed by atoms with Crippen LogP contribution in [0.25, 0.3) is 22.6 Å². The summed E-state index contributed by atoms with van der Waals surface area (Å²) in [7, 11) is 1.62. The van der Waals surface area contributed by atoms with E-state index in [1.807, 2.05) is 0 Å². The number of halogens is 4. The van der Waals surface area contributed by atoms with Gasteiger partial charge in [0.25, 0.3) is 5.56 Å². The molecular formula is C21H20ClF3N6O2. The number of aromatic nitrogens is 6. The van der Waals surface area contributed by atoms with Crippen molar-refractivity contribution in [1.29, 1.82) is 0 Å². The molecule has 1 aromatic carbocycles. The van der Waals surface area contributed by atoms with Crippen LogP contribution in [0.4, 0.5) is 13.2 Å². The molecule has 4 aromatic rings. The Bertz CT molecular complexity index is 1330. The number of H-pyrrole nitrogens is 1. The Balaban J connectivity index is 1.67.